The van der Waals surface area contributed by atoms with Gasteiger partial charge in [-0.05, 0) is 19.9 Å². The van der Waals surface area contributed by atoms with Crippen LogP contribution in [0.2, 0.25) is 0 Å². The van der Waals surface area contributed by atoms with E-state index in [1.165, 1.54) is 6.92 Å². The molecule has 0 rings (SSSR count). The Morgan fingerprint density at radius 3 is 2.36 bits per heavy atom. The molecule has 0 fully saturated rings. The summed E-state index contributed by atoms with van der Waals surface area (Å²) >= 11 is 0. The summed E-state index contributed by atoms with van der Waals surface area (Å²) in [4.78, 5) is 10.4. The van der Waals surface area contributed by atoms with Crippen LogP contribution in [0.1, 0.15) is 20.8 Å². The number of carbonyl (C=O) groups is 1. The highest BCUT2D eigenvalue weighted by Crippen LogP contribution is 1.93. The molecular weight excluding hydrogens is 142 g/mol. The highest BCUT2D eigenvalue weighted by molar-refractivity contribution is 5.66. The Morgan fingerprint density at radius 2 is 2.00 bits per heavy atom. The highest BCUT2D eigenvalue weighted by Gasteiger charge is 1.99. The van der Waals surface area contributed by atoms with Gasteiger partial charge in [0.1, 0.15) is 6.10 Å². The Labute approximate surface area is 67.2 Å². The number of hydrogen-bond donors (Lipinski definition) is 1. The zero-order valence-electron chi connectivity index (χ0n) is 7.20. The van der Waals surface area contributed by atoms with Crippen LogP contribution in [0.5, 0.6) is 0 Å². The van der Waals surface area contributed by atoms with Crippen molar-refractivity contribution in [2.75, 3.05) is 0 Å². The molecule has 2 unspecified atom stereocenters. The molecule has 0 heterocycles. The summed E-state index contributed by atoms with van der Waals surface area (Å²) in [6, 6.07) is 0.00741. The minimum Gasteiger partial charge on any atom is -0.459 e. The Bertz CT molecular complexity index is 152. The minimum atomic E-state index is -0.271. The van der Waals surface area contributed by atoms with Crippen molar-refractivity contribution in [3.63, 3.8) is 0 Å². The molecule has 0 aliphatic rings. The van der Waals surface area contributed by atoms with Gasteiger partial charge in [-0.15, -0.1) is 0 Å². The molecule has 64 valence electrons. The standard InChI is InChI=1S/C8H15NO2/c1-6(9)4-5-7(2)11-8(3)10/h4-7H,9H2,1-3H3/b5-4-. The average Bonchev–Trinajstić information content (AvgIpc) is 1.82. The topological polar surface area (TPSA) is 52.3 Å². The molecule has 0 bridgehead atoms. The number of hydrogen-bond acceptors (Lipinski definition) is 3. The van der Waals surface area contributed by atoms with Crippen LogP contribution in [0.15, 0.2) is 12.2 Å². The fourth-order valence-electron chi connectivity index (χ4n) is 0.633. The number of ether oxygens (including phenoxy) is 1. The van der Waals surface area contributed by atoms with Gasteiger partial charge in [-0.25, -0.2) is 0 Å². The van der Waals surface area contributed by atoms with Crippen LogP contribution in [-0.2, 0) is 9.53 Å². The monoisotopic (exact) mass is 157 g/mol. The number of esters is 1. The molecule has 3 heteroatoms. The molecule has 0 spiro atoms. The molecular formula is C8H15NO2. The van der Waals surface area contributed by atoms with Crippen LogP contribution >= 0.6 is 0 Å². The molecule has 0 radical (unpaired) electrons. The smallest absolute Gasteiger partial charge is 0.303 e. The summed E-state index contributed by atoms with van der Waals surface area (Å²) in [6.07, 6.45) is 3.39. The van der Waals surface area contributed by atoms with E-state index in [0.717, 1.165) is 0 Å². The van der Waals surface area contributed by atoms with Crippen LogP contribution in [0.25, 0.3) is 0 Å². The first-order valence-corrected chi connectivity index (χ1v) is 3.63. The predicted octanol–water partition coefficient (Wildman–Crippen LogP) is 0.841. The van der Waals surface area contributed by atoms with E-state index in [2.05, 4.69) is 0 Å². The first kappa shape index (κ1) is 10.2. The van der Waals surface area contributed by atoms with E-state index in [9.17, 15) is 4.79 Å². The van der Waals surface area contributed by atoms with E-state index in [1.807, 2.05) is 6.92 Å². The summed E-state index contributed by atoms with van der Waals surface area (Å²) in [5.74, 6) is -0.271. The Balaban J connectivity index is 3.68. The van der Waals surface area contributed by atoms with Gasteiger partial charge in [0.25, 0.3) is 0 Å². The number of carbonyl (C=O) groups excluding carboxylic acids is 1. The first-order chi connectivity index (χ1) is 5.02. The van der Waals surface area contributed by atoms with Crippen molar-refractivity contribution < 1.29 is 9.53 Å². The maximum absolute atomic E-state index is 10.4. The minimum absolute atomic E-state index is 0.00741. The van der Waals surface area contributed by atoms with Crippen molar-refractivity contribution in [2.24, 2.45) is 5.73 Å². The Morgan fingerprint density at radius 1 is 1.45 bits per heavy atom. The summed E-state index contributed by atoms with van der Waals surface area (Å²) in [5.41, 5.74) is 5.44. The number of nitrogens with two attached hydrogens (primary N) is 1. The van der Waals surface area contributed by atoms with Crippen molar-refractivity contribution in [3.05, 3.63) is 12.2 Å². The van der Waals surface area contributed by atoms with Gasteiger partial charge in [0.15, 0.2) is 0 Å². The molecule has 2 N–H and O–H groups in total. The normalized spacial score (nSPS) is 16.4. The second kappa shape index (κ2) is 4.91. The lowest BCUT2D eigenvalue weighted by atomic mass is 10.3. The summed E-state index contributed by atoms with van der Waals surface area (Å²) in [5, 5.41) is 0. The lowest BCUT2D eigenvalue weighted by molar-refractivity contribution is -0.143. The van der Waals surface area contributed by atoms with Crippen LogP contribution in [-0.4, -0.2) is 18.1 Å². The van der Waals surface area contributed by atoms with Gasteiger partial charge in [0.05, 0.1) is 0 Å². The molecule has 0 aromatic heterocycles. The molecule has 0 amide bonds. The van der Waals surface area contributed by atoms with Crippen molar-refractivity contribution >= 4 is 5.97 Å². The Hall–Kier alpha value is -0.830. The van der Waals surface area contributed by atoms with Gasteiger partial charge in [0, 0.05) is 13.0 Å². The molecule has 0 aliphatic carbocycles. The van der Waals surface area contributed by atoms with Gasteiger partial charge >= 0.3 is 5.97 Å². The third-order valence-electron chi connectivity index (χ3n) is 1.04. The van der Waals surface area contributed by atoms with Crippen LogP contribution < -0.4 is 5.73 Å². The fourth-order valence-corrected chi connectivity index (χ4v) is 0.633. The van der Waals surface area contributed by atoms with E-state index in [-0.39, 0.29) is 18.1 Å². The maximum Gasteiger partial charge on any atom is 0.303 e. The van der Waals surface area contributed by atoms with Gasteiger partial charge in [-0.2, -0.15) is 0 Å². The van der Waals surface area contributed by atoms with E-state index in [1.54, 1.807) is 19.1 Å². The van der Waals surface area contributed by atoms with E-state index in [4.69, 9.17) is 10.5 Å². The molecule has 0 saturated carbocycles. The lowest BCUT2D eigenvalue weighted by Crippen LogP contribution is -2.14. The SMILES string of the molecule is CC(=O)OC(C)/C=C\C(C)N. The molecule has 2 atom stereocenters. The highest BCUT2D eigenvalue weighted by atomic mass is 16.5. The third kappa shape index (κ3) is 7.06. The summed E-state index contributed by atoms with van der Waals surface area (Å²) in [6.45, 7) is 5.04. The molecule has 0 aromatic carbocycles. The zero-order valence-corrected chi connectivity index (χ0v) is 7.20. The zero-order chi connectivity index (χ0) is 8.85. The van der Waals surface area contributed by atoms with Gasteiger partial charge in [-0.3, -0.25) is 4.79 Å². The number of rotatable bonds is 3. The first-order valence-electron chi connectivity index (χ1n) is 3.63. The predicted molar refractivity (Wildman–Crippen MR) is 44.0 cm³/mol. The van der Waals surface area contributed by atoms with E-state index < -0.39 is 0 Å². The molecule has 0 saturated heterocycles. The van der Waals surface area contributed by atoms with Crippen LogP contribution in [0.4, 0.5) is 0 Å². The van der Waals surface area contributed by atoms with E-state index in [0.29, 0.717) is 0 Å². The third-order valence-corrected chi connectivity index (χ3v) is 1.04. The van der Waals surface area contributed by atoms with Gasteiger partial charge in [-0.1, -0.05) is 6.08 Å². The van der Waals surface area contributed by atoms with Crippen molar-refractivity contribution in [3.8, 4) is 0 Å². The van der Waals surface area contributed by atoms with Crippen LogP contribution in [0.3, 0.4) is 0 Å². The van der Waals surface area contributed by atoms with Crippen molar-refractivity contribution in [1.29, 1.82) is 0 Å². The summed E-state index contributed by atoms with van der Waals surface area (Å²) in [7, 11) is 0. The lowest BCUT2D eigenvalue weighted by Gasteiger charge is -2.06. The largest absolute Gasteiger partial charge is 0.459 e. The molecule has 11 heavy (non-hydrogen) atoms. The Kier molecular flexibility index (Phi) is 4.54. The maximum atomic E-state index is 10.4. The second-order valence-corrected chi connectivity index (χ2v) is 2.56. The summed E-state index contributed by atoms with van der Waals surface area (Å²) < 4.78 is 4.82. The molecule has 3 nitrogen and oxygen atoms in total. The second-order valence-electron chi connectivity index (χ2n) is 2.56. The molecule has 0 aromatic rings. The van der Waals surface area contributed by atoms with Gasteiger partial charge in [0.2, 0.25) is 0 Å². The molecule has 0 aliphatic heterocycles. The van der Waals surface area contributed by atoms with Gasteiger partial charge < -0.3 is 10.5 Å². The van der Waals surface area contributed by atoms with Crippen LogP contribution in [0, 0.1) is 0 Å². The fraction of sp³-hybridized carbons (Fsp3) is 0.625. The van der Waals surface area contributed by atoms with Crippen molar-refractivity contribution in [1.82, 2.24) is 0 Å². The quantitative estimate of drug-likeness (QED) is 0.488. The van der Waals surface area contributed by atoms with E-state index >= 15 is 0 Å². The van der Waals surface area contributed by atoms with Crippen molar-refractivity contribution in [2.45, 2.75) is 32.9 Å². The average molecular weight is 157 g/mol.